The van der Waals surface area contributed by atoms with Crippen molar-refractivity contribution in [3.63, 3.8) is 0 Å². The van der Waals surface area contributed by atoms with E-state index in [-0.39, 0.29) is 5.92 Å². The first-order valence-corrected chi connectivity index (χ1v) is 4.75. The molecule has 0 aromatic carbocycles. The van der Waals surface area contributed by atoms with Crippen LogP contribution in [0.4, 0.5) is 0 Å². The maximum absolute atomic E-state index is 10.4. The zero-order valence-corrected chi connectivity index (χ0v) is 8.83. The van der Waals surface area contributed by atoms with Crippen LogP contribution < -0.4 is 5.32 Å². The monoisotopic (exact) mass is 196 g/mol. The van der Waals surface area contributed by atoms with Crippen LogP contribution in [0, 0.1) is 0 Å². The third kappa shape index (κ3) is 2.42. The molecular weight excluding hydrogens is 180 g/mol. The predicted octanol–water partition coefficient (Wildman–Crippen LogP) is 1.26. The summed E-state index contributed by atoms with van der Waals surface area (Å²) >= 11 is 0. The Morgan fingerprint density at radius 1 is 1.57 bits per heavy atom. The minimum atomic E-state index is 0.256. The lowest BCUT2D eigenvalue weighted by molar-refractivity contribution is -0.107. The van der Waals surface area contributed by atoms with Gasteiger partial charge in [0.1, 0.15) is 12.0 Å². The summed E-state index contributed by atoms with van der Waals surface area (Å²) in [6.07, 6.45) is 1.14. The summed E-state index contributed by atoms with van der Waals surface area (Å²) in [5.41, 5.74) is 0.836. The summed E-state index contributed by atoms with van der Waals surface area (Å²) in [5, 5.41) is 3.00. The first kappa shape index (κ1) is 10.9. The van der Waals surface area contributed by atoms with Crippen molar-refractivity contribution in [2.75, 3.05) is 7.05 Å². The van der Waals surface area contributed by atoms with Crippen molar-refractivity contribution in [3.8, 4) is 0 Å². The minimum Gasteiger partial charge on any atom is -0.445 e. The molecule has 0 aliphatic carbocycles. The number of aldehydes is 1. The van der Waals surface area contributed by atoms with Gasteiger partial charge in [0, 0.05) is 12.5 Å². The molecule has 0 bridgehead atoms. The minimum absolute atomic E-state index is 0.256. The van der Waals surface area contributed by atoms with Gasteiger partial charge >= 0.3 is 0 Å². The van der Waals surface area contributed by atoms with Gasteiger partial charge in [-0.15, -0.1) is 0 Å². The molecule has 0 radical (unpaired) electrons. The third-order valence-electron chi connectivity index (χ3n) is 1.90. The number of hydrogen-bond acceptors (Lipinski definition) is 4. The topological polar surface area (TPSA) is 55.1 Å². The molecule has 0 fully saturated rings. The zero-order valence-electron chi connectivity index (χ0n) is 8.83. The smallest absolute Gasteiger partial charge is 0.197 e. The molecule has 14 heavy (non-hydrogen) atoms. The molecule has 1 aromatic rings. The van der Waals surface area contributed by atoms with E-state index in [0.717, 1.165) is 12.0 Å². The summed E-state index contributed by atoms with van der Waals surface area (Å²) in [6.45, 7) is 4.67. The van der Waals surface area contributed by atoms with Crippen LogP contribution in [0.5, 0.6) is 0 Å². The van der Waals surface area contributed by atoms with Gasteiger partial charge in [-0.25, -0.2) is 4.98 Å². The Morgan fingerprint density at radius 2 is 2.29 bits per heavy atom. The first-order chi connectivity index (χ1) is 6.69. The highest BCUT2D eigenvalue weighted by atomic mass is 16.4. The van der Waals surface area contributed by atoms with Gasteiger partial charge < -0.3 is 14.5 Å². The summed E-state index contributed by atoms with van der Waals surface area (Å²) in [4.78, 5) is 14.7. The van der Waals surface area contributed by atoms with Gasteiger partial charge in [0.2, 0.25) is 0 Å². The van der Waals surface area contributed by atoms with Crippen LogP contribution in [0.3, 0.4) is 0 Å². The number of oxazole rings is 1. The van der Waals surface area contributed by atoms with E-state index in [2.05, 4.69) is 10.3 Å². The van der Waals surface area contributed by atoms with Crippen LogP contribution in [0.2, 0.25) is 0 Å². The van der Waals surface area contributed by atoms with Crippen LogP contribution in [0.25, 0.3) is 0 Å². The zero-order chi connectivity index (χ0) is 10.6. The SMILES string of the molecule is CNCc1nc(C(C)C)oc1CC=O. The second-order valence-electron chi connectivity index (χ2n) is 3.48. The molecule has 0 saturated heterocycles. The molecule has 0 atom stereocenters. The van der Waals surface area contributed by atoms with Gasteiger partial charge in [0.05, 0.1) is 12.1 Å². The molecule has 0 aliphatic rings. The van der Waals surface area contributed by atoms with Crippen LogP contribution in [0.1, 0.15) is 37.1 Å². The Bertz CT molecular complexity index is 305. The highest BCUT2D eigenvalue weighted by Crippen LogP contribution is 2.18. The summed E-state index contributed by atoms with van der Waals surface area (Å²) < 4.78 is 5.49. The van der Waals surface area contributed by atoms with E-state index in [9.17, 15) is 4.79 Å². The van der Waals surface area contributed by atoms with Crippen LogP contribution in [-0.4, -0.2) is 18.3 Å². The van der Waals surface area contributed by atoms with Crippen molar-refractivity contribution in [2.45, 2.75) is 32.7 Å². The number of aromatic nitrogens is 1. The molecule has 4 heteroatoms. The third-order valence-corrected chi connectivity index (χ3v) is 1.90. The second-order valence-corrected chi connectivity index (χ2v) is 3.48. The summed E-state index contributed by atoms with van der Waals surface area (Å²) in [6, 6.07) is 0. The number of hydrogen-bond donors (Lipinski definition) is 1. The summed E-state index contributed by atoms with van der Waals surface area (Å²) in [5.74, 6) is 1.64. The Hall–Kier alpha value is -1.16. The van der Waals surface area contributed by atoms with Gasteiger partial charge in [-0.2, -0.15) is 0 Å². The Morgan fingerprint density at radius 3 is 2.79 bits per heavy atom. The van der Waals surface area contributed by atoms with Crippen molar-refractivity contribution in [3.05, 3.63) is 17.3 Å². The molecule has 1 heterocycles. The molecule has 0 amide bonds. The maximum Gasteiger partial charge on any atom is 0.197 e. The van der Waals surface area contributed by atoms with E-state index in [1.807, 2.05) is 20.9 Å². The first-order valence-electron chi connectivity index (χ1n) is 4.75. The fraction of sp³-hybridized carbons (Fsp3) is 0.600. The standard InChI is InChI=1S/C10H16N2O2/c1-7(2)10-12-8(6-11-3)9(14-10)4-5-13/h5,7,11H,4,6H2,1-3H3. The molecule has 78 valence electrons. The lowest BCUT2D eigenvalue weighted by Crippen LogP contribution is -2.07. The lowest BCUT2D eigenvalue weighted by atomic mass is 10.2. The predicted molar refractivity (Wildman–Crippen MR) is 53.1 cm³/mol. The molecule has 0 spiro atoms. The lowest BCUT2D eigenvalue weighted by Gasteiger charge is -1.94. The normalized spacial score (nSPS) is 10.9. The van der Waals surface area contributed by atoms with Gasteiger partial charge in [-0.1, -0.05) is 13.8 Å². The molecule has 0 saturated carbocycles. The molecular formula is C10H16N2O2. The average Bonchev–Trinajstić information content (AvgIpc) is 2.50. The van der Waals surface area contributed by atoms with Gasteiger partial charge in [0.25, 0.3) is 0 Å². The molecule has 0 aliphatic heterocycles. The fourth-order valence-corrected chi connectivity index (χ4v) is 1.19. The molecule has 1 rings (SSSR count). The van der Waals surface area contributed by atoms with Crippen molar-refractivity contribution >= 4 is 6.29 Å². The van der Waals surface area contributed by atoms with E-state index < -0.39 is 0 Å². The fourth-order valence-electron chi connectivity index (χ4n) is 1.19. The number of nitrogens with zero attached hydrogens (tertiary/aromatic N) is 1. The highest BCUT2D eigenvalue weighted by Gasteiger charge is 2.13. The highest BCUT2D eigenvalue weighted by molar-refractivity contribution is 5.53. The van der Waals surface area contributed by atoms with Crippen molar-refractivity contribution in [2.24, 2.45) is 0 Å². The van der Waals surface area contributed by atoms with E-state index >= 15 is 0 Å². The van der Waals surface area contributed by atoms with E-state index in [1.165, 1.54) is 0 Å². The van der Waals surface area contributed by atoms with E-state index in [1.54, 1.807) is 0 Å². The molecule has 0 unspecified atom stereocenters. The second kappa shape index (κ2) is 4.91. The average molecular weight is 196 g/mol. The number of nitrogens with one attached hydrogen (secondary N) is 1. The largest absolute Gasteiger partial charge is 0.445 e. The van der Waals surface area contributed by atoms with Crippen molar-refractivity contribution < 1.29 is 9.21 Å². The van der Waals surface area contributed by atoms with E-state index in [4.69, 9.17) is 4.42 Å². The van der Waals surface area contributed by atoms with Gasteiger partial charge in [-0.3, -0.25) is 0 Å². The van der Waals surface area contributed by atoms with Gasteiger partial charge in [0.15, 0.2) is 5.89 Å². The Labute approximate surface area is 83.7 Å². The Balaban J connectivity index is 2.92. The van der Waals surface area contributed by atoms with Crippen molar-refractivity contribution in [1.29, 1.82) is 0 Å². The number of rotatable bonds is 5. The van der Waals surface area contributed by atoms with Crippen molar-refractivity contribution in [1.82, 2.24) is 10.3 Å². The number of carbonyl (C=O) groups is 1. The summed E-state index contributed by atoms with van der Waals surface area (Å²) in [7, 11) is 1.84. The van der Waals surface area contributed by atoms with Crippen LogP contribution in [-0.2, 0) is 17.8 Å². The van der Waals surface area contributed by atoms with Crippen LogP contribution in [0.15, 0.2) is 4.42 Å². The molecule has 1 aromatic heterocycles. The number of carbonyl (C=O) groups excluding carboxylic acids is 1. The van der Waals surface area contributed by atoms with E-state index in [0.29, 0.717) is 24.6 Å². The molecule has 4 nitrogen and oxygen atoms in total. The quantitative estimate of drug-likeness (QED) is 0.720. The van der Waals surface area contributed by atoms with Gasteiger partial charge in [-0.05, 0) is 7.05 Å². The molecule has 1 N–H and O–H groups in total. The Kier molecular flexibility index (Phi) is 3.83. The van der Waals surface area contributed by atoms with Crippen LogP contribution >= 0.6 is 0 Å². The maximum atomic E-state index is 10.4.